The van der Waals surface area contributed by atoms with Gasteiger partial charge in [0.15, 0.2) is 0 Å². The fourth-order valence-corrected chi connectivity index (χ4v) is 3.74. The molecule has 0 spiro atoms. The van der Waals surface area contributed by atoms with Gasteiger partial charge in [0, 0.05) is 30.5 Å². The van der Waals surface area contributed by atoms with Crippen molar-refractivity contribution >= 4 is 23.6 Å². The smallest absolute Gasteiger partial charge is 0.220 e. The van der Waals surface area contributed by atoms with E-state index in [0.717, 1.165) is 41.9 Å². The van der Waals surface area contributed by atoms with Crippen LogP contribution in [-0.2, 0) is 9.59 Å². The number of carbonyl (C=O) groups excluding carboxylic acids is 2. The summed E-state index contributed by atoms with van der Waals surface area (Å²) in [5, 5.41) is 5.76. The third kappa shape index (κ3) is 5.86. The van der Waals surface area contributed by atoms with E-state index in [4.69, 9.17) is 0 Å². The zero-order chi connectivity index (χ0) is 16.7. The molecular weight excluding hydrogens is 315 g/mol. The fraction of sp³-hybridized carbons (Fsp3) is 0.529. The highest BCUT2D eigenvalue weighted by atomic mass is 32.2. The fourth-order valence-electron chi connectivity index (χ4n) is 2.63. The Balaban J connectivity index is 1.74. The van der Waals surface area contributed by atoms with E-state index in [9.17, 15) is 14.0 Å². The Labute approximate surface area is 140 Å². The van der Waals surface area contributed by atoms with E-state index in [1.807, 2.05) is 0 Å². The summed E-state index contributed by atoms with van der Waals surface area (Å²) in [4.78, 5) is 23.8. The molecule has 2 amide bonds. The minimum Gasteiger partial charge on any atom is -0.356 e. The van der Waals surface area contributed by atoms with Crippen LogP contribution >= 0.6 is 11.8 Å². The lowest BCUT2D eigenvalue weighted by Crippen LogP contribution is -2.30. The Morgan fingerprint density at radius 2 is 2.13 bits per heavy atom. The molecule has 0 saturated heterocycles. The van der Waals surface area contributed by atoms with Crippen LogP contribution in [0.2, 0.25) is 0 Å². The van der Waals surface area contributed by atoms with E-state index in [1.165, 1.54) is 19.1 Å². The van der Waals surface area contributed by atoms with Crippen LogP contribution < -0.4 is 10.6 Å². The quantitative estimate of drug-likeness (QED) is 0.751. The first-order valence-corrected chi connectivity index (χ1v) is 9.01. The molecule has 126 valence electrons. The minimum absolute atomic E-state index is 0.0108. The van der Waals surface area contributed by atoms with Crippen molar-refractivity contribution < 1.29 is 14.0 Å². The lowest BCUT2D eigenvalue weighted by molar-refractivity contribution is -0.122. The number of carbonyl (C=O) groups is 2. The number of thioether (sulfide) groups is 1. The van der Waals surface area contributed by atoms with Crippen LogP contribution in [-0.4, -0.2) is 24.1 Å². The molecule has 0 aliphatic carbocycles. The molecule has 1 unspecified atom stereocenters. The summed E-state index contributed by atoms with van der Waals surface area (Å²) in [5.41, 5.74) is 0.889. The van der Waals surface area contributed by atoms with Gasteiger partial charge in [-0.25, -0.2) is 4.39 Å². The molecule has 2 rings (SSSR count). The molecule has 2 N–H and O–H groups in total. The van der Waals surface area contributed by atoms with E-state index in [2.05, 4.69) is 10.6 Å². The van der Waals surface area contributed by atoms with Crippen molar-refractivity contribution in [3.63, 3.8) is 0 Å². The van der Waals surface area contributed by atoms with Gasteiger partial charge in [0.1, 0.15) is 5.82 Å². The summed E-state index contributed by atoms with van der Waals surface area (Å²) in [7, 11) is 0. The van der Waals surface area contributed by atoms with E-state index in [-0.39, 0.29) is 23.7 Å². The van der Waals surface area contributed by atoms with Gasteiger partial charge in [-0.3, -0.25) is 9.59 Å². The van der Waals surface area contributed by atoms with Gasteiger partial charge < -0.3 is 10.6 Å². The second-order valence-electron chi connectivity index (χ2n) is 5.73. The van der Waals surface area contributed by atoms with Crippen LogP contribution in [0, 0.1) is 5.82 Å². The van der Waals surface area contributed by atoms with Crippen molar-refractivity contribution in [3.05, 3.63) is 29.6 Å². The maximum Gasteiger partial charge on any atom is 0.220 e. The van der Waals surface area contributed by atoms with E-state index in [1.54, 1.807) is 17.8 Å². The molecule has 6 heteroatoms. The molecule has 4 nitrogen and oxygen atoms in total. The predicted molar refractivity (Wildman–Crippen MR) is 89.8 cm³/mol. The Kier molecular flexibility index (Phi) is 6.89. The van der Waals surface area contributed by atoms with Crippen molar-refractivity contribution in [2.75, 3.05) is 12.3 Å². The number of halogens is 1. The number of amides is 2. The highest BCUT2D eigenvalue weighted by molar-refractivity contribution is 7.99. The van der Waals surface area contributed by atoms with Crippen molar-refractivity contribution in [1.82, 2.24) is 10.6 Å². The highest BCUT2D eigenvalue weighted by Crippen LogP contribution is 2.36. The van der Waals surface area contributed by atoms with Crippen LogP contribution in [0.25, 0.3) is 0 Å². The zero-order valence-electron chi connectivity index (χ0n) is 13.4. The molecule has 1 aliphatic rings. The molecule has 23 heavy (non-hydrogen) atoms. The molecular formula is C17H23FN2O2S. The van der Waals surface area contributed by atoms with Gasteiger partial charge in [-0.2, -0.15) is 0 Å². The normalized spacial score (nSPS) is 16.5. The Bertz CT molecular complexity index is 566. The summed E-state index contributed by atoms with van der Waals surface area (Å²) < 4.78 is 13.4. The molecule has 1 heterocycles. The molecule has 0 saturated carbocycles. The van der Waals surface area contributed by atoms with Gasteiger partial charge in [0.2, 0.25) is 11.8 Å². The van der Waals surface area contributed by atoms with Crippen molar-refractivity contribution in [1.29, 1.82) is 0 Å². The number of rotatable bonds is 7. The Morgan fingerprint density at radius 1 is 1.30 bits per heavy atom. The third-order valence-electron chi connectivity index (χ3n) is 3.80. The summed E-state index contributed by atoms with van der Waals surface area (Å²) in [6, 6.07) is 4.69. The van der Waals surface area contributed by atoms with Crippen LogP contribution in [0.1, 0.15) is 50.6 Å². The van der Waals surface area contributed by atoms with Crippen molar-refractivity contribution in [2.45, 2.75) is 50.0 Å². The standard InChI is InChI=1S/C17H23FN2O2S/c1-12(21)19-9-4-2-3-5-17(22)20-15-8-10-23-16-7-6-13(18)11-14(15)16/h6-7,11,15H,2-5,8-10H2,1H3,(H,19,21)(H,20,22). The Hall–Kier alpha value is -1.56. The van der Waals surface area contributed by atoms with Crippen LogP contribution in [0.5, 0.6) is 0 Å². The first-order valence-electron chi connectivity index (χ1n) is 8.02. The third-order valence-corrected chi connectivity index (χ3v) is 4.92. The lowest BCUT2D eigenvalue weighted by atomic mass is 10.0. The zero-order valence-corrected chi connectivity index (χ0v) is 14.2. The first kappa shape index (κ1) is 17.8. The number of fused-ring (bicyclic) bond motifs is 1. The molecule has 1 aliphatic heterocycles. The molecule has 0 aromatic heterocycles. The average molecular weight is 338 g/mol. The number of hydrogen-bond donors (Lipinski definition) is 2. The van der Waals surface area contributed by atoms with Gasteiger partial charge in [0.25, 0.3) is 0 Å². The lowest BCUT2D eigenvalue weighted by Gasteiger charge is -2.26. The minimum atomic E-state index is -0.261. The largest absolute Gasteiger partial charge is 0.356 e. The topological polar surface area (TPSA) is 58.2 Å². The number of nitrogens with one attached hydrogen (secondary N) is 2. The maximum atomic E-state index is 13.4. The van der Waals surface area contributed by atoms with Crippen molar-refractivity contribution in [2.24, 2.45) is 0 Å². The van der Waals surface area contributed by atoms with Crippen LogP contribution in [0.4, 0.5) is 4.39 Å². The maximum absolute atomic E-state index is 13.4. The average Bonchev–Trinajstić information content (AvgIpc) is 2.51. The van der Waals surface area contributed by atoms with Crippen LogP contribution in [0.3, 0.4) is 0 Å². The second kappa shape index (κ2) is 8.91. The molecule has 0 fully saturated rings. The molecule has 0 bridgehead atoms. The van der Waals surface area contributed by atoms with Gasteiger partial charge in [-0.1, -0.05) is 6.42 Å². The summed E-state index contributed by atoms with van der Waals surface area (Å²) >= 11 is 1.71. The van der Waals surface area contributed by atoms with Gasteiger partial charge in [0.05, 0.1) is 6.04 Å². The van der Waals surface area contributed by atoms with E-state index < -0.39 is 0 Å². The van der Waals surface area contributed by atoms with Gasteiger partial charge in [-0.15, -0.1) is 11.8 Å². The summed E-state index contributed by atoms with van der Waals surface area (Å²) in [5.74, 6) is 0.657. The Morgan fingerprint density at radius 3 is 2.91 bits per heavy atom. The van der Waals surface area contributed by atoms with Gasteiger partial charge >= 0.3 is 0 Å². The summed E-state index contributed by atoms with van der Waals surface area (Å²) in [6.45, 7) is 2.15. The molecule has 1 aromatic carbocycles. The monoisotopic (exact) mass is 338 g/mol. The number of unbranched alkanes of at least 4 members (excludes halogenated alkanes) is 2. The molecule has 1 atom stereocenters. The van der Waals surface area contributed by atoms with Crippen LogP contribution in [0.15, 0.2) is 23.1 Å². The van der Waals surface area contributed by atoms with Crippen molar-refractivity contribution in [3.8, 4) is 0 Å². The highest BCUT2D eigenvalue weighted by Gasteiger charge is 2.22. The number of benzene rings is 1. The molecule has 1 aromatic rings. The summed E-state index contributed by atoms with van der Waals surface area (Å²) in [6.07, 6.45) is 3.87. The first-order chi connectivity index (χ1) is 11.1. The molecule has 0 radical (unpaired) electrons. The van der Waals surface area contributed by atoms with E-state index >= 15 is 0 Å². The SMILES string of the molecule is CC(=O)NCCCCCC(=O)NC1CCSc2ccc(F)cc21. The number of hydrogen-bond acceptors (Lipinski definition) is 3. The van der Waals surface area contributed by atoms with E-state index in [0.29, 0.717) is 13.0 Å². The predicted octanol–water partition coefficient (Wildman–Crippen LogP) is 3.18. The second-order valence-corrected chi connectivity index (χ2v) is 6.87. The van der Waals surface area contributed by atoms with Gasteiger partial charge in [-0.05, 0) is 43.0 Å².